The molecule has 8 heteroatoms. The van der Waals surface area contributed by atoms with E-state index in [0.717, 1.165) is 33.8 Å². The van der Waals surface area contributed by atoms with Gasteiger partial charge in [0.2, 0.25) is 10.0 Å². The molecule has 37 heavy (non-hydrogen) atoms. The summed E-state index contributed by atoms with van der Waals surface area (Å²) in [6, 6.07) is 28.6. The largest absolute Gasteiger partial charge is 0.298 e. The number of anilines is 1. The molecule has 4 rings (SSSR count). The zero-order chi connectivity index (χ0) is 26.4. The summed E-state index contributed by atoms with van der Waals surface area (Å²) >= 11 is 0. The van der Waals surface area contributed by atoms with Gasteiger partial charge < -0.3 is 0 Å². The Morgan fingerprint density at radius 2 is 1.54 bits per heavy atom. The van der Waals surface area contributed by atoms with Crippen LogP contribution < -0.4 is 15.6 Å². The second-order valence-electron chi connectivity index (χ2n) is 9.02. The number of sulfonamides is 1. The lowest BCUT2D eigenvalue weighted by Crippen LogP contribution is -2.32. The fourth-order valence-corrected chi connectivity index (χ4v) is 4.56. The van der Waals surface area contributed by atoms with Crippen LogP contribution in [0.4, 0.5) is 5.69 Å². The number of Topliss-reactive ketones (excluding diaryl/α,β-unsaturated/α-hetero) is 1. The Hall–Kier alpha value is -4.01. The van der Waals surface area contributed by atoms with Crippen LogP contribution in [0.25, 0.3) is 10.8 Å². The van der Waals surface area contributed by atoms with Gasteiger partial charge in [-0.15, -0.1) is 0 Å². The molecule has 3 N–H and O–H groups in total. The van der Waals surface area contributed by atoms with Crippen molar-refractivity contribution in [3.05, 3.63) is 113 Å². The highest BCUT2D eigenvalue weighted by Crippen LogP contribution is 2.25. The molecular weight excluding hydrogens is 486 g/mol. The highest BCUT2D eigenvalue weighted by Gasteiger charge is 2.23. The van der Waals surface area contributed by atoms with E-state index in [-0.39, 0.29) is 18.2 Å². The Morgan fingerprint density at radius 3 is 2.27 bits per heavy atom. The van der Waals surface area contributed by atoms with E-state index in [1.54, 1.807) is 12.1 Å². The van der Waals surface area contributed by atoms with Gasteiger partial charge in [0.05, 0.1) is 18.5 Å². The van der Waals surface area contributed by atoms with Gasteiger partial charge in [-0.2, -0.15) is 0 Å². The van der Waals surface area contributed by atoms with Crippen LogP contribution in [0, 0.1) is 6.92 Å². The van der Waals surface area contributed by atoms with Crippen molar-refractivity contribution in [3.8, 4) is 0 Å². The fourth-order valence-electron chi connectivity index (χ4n) is 4.16. The first-order chi connectivity index (χ1) is 17.7. The zero-order valence-corrected chi connectivity index (χ0v) is 21.5. The zero-order valence-electron chi connectivity index (χ0n) is 20.7. The van der Waals surface area contributed by atoms with Crippen molar-refractivity contribution >= 4 is 38.2 Å². The topological polar surface area (TPSA) is 104 Å². The minimum Gasteiger partial charge on any atom is -0.298 e. The predicted octanol–water partition coefficient (Wildman–Crippen LogP) is 4.35. The lowest BCUT2D eigenvalue weighted by atomic mass is 9.86. The summed E-state index contributed by atoms with van der Waals surface area (Å²) in [5.41, 5.74) is 9.21. The molecule has 0 saturated carbocycles. The van der Waals surface area contributed by atoms with Gasteiger partial charge in [-0.25, -0.2) is 13.1 Å². The van der Waals surface area contributed by atoms with Gasteiger partial charge >= 0.3 is 0 Å². The number of hydrazine groups is 1. The molecule has 0 bridgehead atoms. The molecule has 0 heterocycles. The molecule has 7 nitrogen and oxygen atoms in total. The second-order valence-corrected chi connectivity index (χ2v) is 10.9. The van der Waals surface area contributed by atoms with Crippen LogP contribution >= 0.6 is 0 Å². The van der Waals surface area contributed by atoms with Crippen molar-refractivity contribution < 1.29 is 18.0 Å². The number of hydrogen-bond donors (Lipinski definition) is 3. The molecule has 0 unspecified atom stereocenters. The molecule has 0 fully saturated rings. The standard InChI is InChI=1S/C29H29N3O4S/c1-20-12-13-24(27(16-21-8-4-3-5-9-21)28(33)19-30-37(2,35)36)18-26(20)29(34)32-31-25-15-14-22-10-6-7-11-23(22)17-25/h3-15,17-18,27,30-31H,16,19H2,1-2H3,(H,32,34)/t27-/m0/s1. The quantitative estimate of drug-likeness (QED) is 0.273. The highest BCUT2D eigenvalue weighted by molar-refractivity contribution is 7.88. The van der Waals surface area contributed by atoms with E-state index in [1.165, 1.54) is 0 Å². The normalized spacial score (nSPS) is 12.2. The van der Waals surface area contributed by atoms with Crippen LogP contribution in [0.3, 0.4) is 0 Å². The highest BCUT2D eigenvalue weighted by atomic mass is 32.2. The second kappa shape index (κ2) is 11.4. The molecule has 4 aromatic carbocycles. The number of hydrogen-bond acceptors (Lipinski definition) is 5. The Bertz CT molecular complexity index is 1540. The average Bonchev–Trinajstić information content (AvgIpc) is 2.89. The molecule has 0 aliphatic heterocycles. The Morgan fingerprint density at radius 1 is 0.838 bits per heavy atom. The maximum absolute atomic E-state index is 13.1. The minimum absolute atomic E-state index is 0.279. The van der Waals surface area contributed by atoms with E-state index in [2.05, 4.69) is 15.6 Å². The fraction of sp³-hybridized carbons (Fsp3) is 0.172. The first-order valence-electron chi connectivity index (χ1n) is 11.9. The molecule has 0 aromatic heterocycles. The number of nitrogens with one attached hydrogen (secondary N) is 3. The maximum Gasteiger partial charge on any atom is 0.269 e. The monoisotopic (exact) mass is 515 g/mol. The molecule has 0 spiro atoms. The van der Waals surface area contributed by atoms with Crippen LogP contribution in [-0.2, 0) is 21.2 Å². The summed E-state index contributed by atoms with van der Waals surface area (Å²) in [5, 5.41) is 2.15. The average molecular weight is 516 g/mol. The van der Waals surface area contributed by atoms with Crippen molar-refractivity contribution in [3.63, 3.8) is 0 Å². The van der Waals surface area contributed by atoms with Crippen LogP contribution in [0.5, 0.6) is 0 Å². The van der Waals surface area contributed by atoms with Gasteiger partial charge in [0.1, 0.15) is 0 Å². The van der Waals surface area contributed by atoms with E-state index < -0.39 is 15.9 Å². The molecule has 1 amide bonds. The van der Waals surface area contributed by atoms with E-state index in [9.17, 15) is 18.0 Å². The number of benzene rings is 4. The summed E-state index contributed by atoms with van der Waals surface area (Å²) in [7, 11) is -3.53. The van der Waals surface area contributed by atoms with Gasteiger partial charge in [-0.3, -0.25) is 20.4 Å². The van der Waals surface area contributed by atoms with E-state index in [0.29, 0.717) is 17.5 Å². The molecule has 190 valence electrons. The van der Waals surface area contributed by atoms with E-state index >= 15 is 0 Å². The number of carbonyl (C=O) groups is 2. The van der Waals surface area contributed by atoms with Crippen LogP contribution in [0.15, 0.2) is 91.0 Å². The summed E-state index contributed by atoms with van der Waals surface area (Å²) in [6.07, 6.45) is 1.40. The van der Waals surface area contributed by atoms with Crippen molar-refractivity contribution in [2.24, 2.45) is 0 Å². The Balaban J connectivity index is 1.56. The van der Waals surface area contributed by atoms with Crippen LogP contribution in [-0.4, -0.2) is 32.9 Å². The third-order valence-electron chi connectivity index (χ3n) is 6.16. The lowest BCUT2D eigenvalue weighted by molar-refractivity contribution is -0.119. The van der Waals surface area contributed by atoms with Crippen molar-refractivity contribution in [2.75, 3.05) is 18.2 Å². The van der Waals surface area contributed by atoms with Crippen molar-refractivity contribution in [1.29, 1.82) is 0 Å². The first-order valence-corrected chi connectivity index (χ1v) is 13.8. The Kier molecular flexibility index (Phi) is 8.01. The summed E-state index contributed by atoms with van der Waals surface area (Å²) < 4.78 is 25.4. The SMILES string of the molecule is Cc1ccc([C@H](Cc2ccccc2)C(=O)CNS(C)(=O)=O)cc1C(=O)NNc1ccc2ccccc2c1. The molecule has 4 aromatic rings. The van der Waals surface area contributed by atoms with Gasteiger partial charge in [-0.05, 0) is 59.0 Å². The van der Waals surface area contributed by atoms with Crippen molar-refractivity contribution in [1.82, 2.24) is 10.1 Å². The number of carbonyl (C=O) groups excluding carboxylic acids is 2. The molecule has 0 aliphatic rings. The number of ketones is 1. The summed E-state index contributed by atoms with van der Waals surface area (Å²) in [4.78, 5) is 26.3. The first kappa shape index (κ1) is 26.1. The van der Waals surface area contributed by atoms with Gasteiger partial charge in [0.15, 0.2) is 5.78 Å². The lowest BCUT2D eigenvalue weighted by Gasteiger charge is -2.19. The van der Waals surface area contributed by atoms with Crippen LogP contribution in [0.2, 0.25) is 0 Å². The van der Waals surface area contributed by atoms with E-state index in [1.807, 2.05) is 85.8 Å². The Labute approximate surface area is 216 Å². The van der Waals surface area contributed by atoms with Gasteiger partial charge in [0, 0.05) is 11.5 Å². The van der Waals surface area contributed by atoms with Crippen molar-refractivity contribution in [2.45, 2.75) is 19.3 Å². The number of rotatable bonds is 10. The predicted molar refractivity (Wildman–Crippen MR) is 147 cm³/mol. The molecule has 1 atom stereocenters. The molecule has 0 saturated heterocycles. The number of fused-ring (bicyclic) bond motifs is 1. The number of amides is 1. The molecule has 0 aliphatic carbocycles. The summed E-state index contributed by atoms with van der Waals surface area (Å²) in [6.45, 7) is 1.50. The summed E-state index contributed by atoms with van der Waals surface area (Å²) in [5.74, 6) is -1.25. The van der Waals surface area contributed by atoms with Gasteiger partial charge in [-0.1, -0.05) is 72.8 Å². The smallest absolute Gasteiger partial charge is 0.269 e. The third-order valence-corrected chi connectivity index (χ3v) is 6.83. The molecular formula is C29H29N3O4S. The third kappa shape index (κ3) is 7.03. The maximum atomic E-state index is 13.1. The molecule has 0 radical (unpaired) electrons. The minimum atomic E-state index is -3.53. The number of aryl methyl sites for hydroxylation is 1. The van der Waals surface area contributed by atoms with E-state index in [4.69, 9.17) is 0 Å². The van der Waals surface area contributed by atoms with Crippen LogP contribution in [0.1, 0.15) is 33.0 Å². The van der Waals surface area contributed by atoms with Gasteiger partial charge in [0.25, 0.3) is 5.91 Å².